The van der Waals surface area contributed by atoms with Crippen molar-refractivity contribution in [3.8, 4) is 17.0 Å². The molecule has 8 nitrogen and oxygen atoms in total. The van der Waals surface area contributed by atoms with Gasteiger partial charge in [-0.15, -0.1) is 5.10 Å². The first-order chi connectivity index (χ1) is 16.2. The van der Waals surface area contributed by atoms with Crippen molar-refractivity contribution >= 4 is 35.0 Å². The van der Waals surface area contributed by atoms with Gasteiger partial charge in [0.2, 0.25) is 0 Å². The van der Waals surface area contributed by atoms with Crippen LogP contribution >= 0.6 is 35.0 Å². The summed E-state index contributed by atoms with van der Waals surface area (Å²) in [7, 11) is 1.15. The maximum Gasteiger partial charge on any atom is 0.190 e. The molecule has 0 bridgehead atoms. The van der Waals surface area contributed by atoms with Gasteiger partial charge in [0.15, 0.2) is 17.4 Å². The van der Waals surface area contributed by atoms with Crippen molar-refractivity contribution in [1.29, 1.82) is 0 Å². The van der Waals surface area contributed by atoms with Gasteiger partial charge < -0.3 is 24.8 Å². The fourth-order valence-electron chi connectivity index (χ4n) is 3.62. The Hall–Kier alpha value is -1.99. The van der Waals surface area contributed by atoms with Crippen molar-refractivity contribution in [3.63, 3.8) is 0 Å². The van der Waals surface area contributed by atoms with Crippen molar-refractivity contribution in [2.45, 2.75) is 34.7 Å². The minimum atomic E-state index is -1.36. The molecule has 0 aliphatic carbocycles. The average Bonchev–Trinajstić information content (AvgIpc) is 3.28. The number of aliphatic hydroxyl groups is 3. The molecule has 0 radical (unpaired) electrons. The SMILES string of the molecule is COc1c(F)cc(-c2cn(C3[C@@H](O)C(CO)O[C@H](Sc4ccc(Cl)c(Cl)c4)[C@H]3O)nn2)cc1F. The van der Waals surface area contributed by atoms with Gasteiger partial charge in [-0.05, 0) is 30.3 Å². The van der Waals surface area contributed by atoms with Crippen molar-refractivity contribution < 1.29 is 33.6 Å². The lowest BCUT2D eigenvalue weighted by atomic mass is 9.97. The smallest absolute Gasteiger partial charge is 0.190 e. The number of nitrogens with zero attached hydrogens (tertiary/aromatic N) is 3. The fourth-order valence-corrected chi connectivity index (χ4v) is 5.08. The summed E-state index contributed by atoms with van der Waals surface area (Å²) < 4.78 is 39.8. The van der Waals surface area contributed by atoms with Crippen LogP contribution in [0, 0.1) is 11.6 Å². The van der Waals surface area contributed by atoms with E-state index in [0.29, 0.717) is 14.9 Å². The van der Waals surface area contributed by atoms with Crippen LogP contribution in [-0.4, -0.2) is 67.8 Å². The molecule has 1 saturated heterocycles. The van der Waals surface area contributed by atoms with E-state index in [4.69, 9.17) is 27.9 Å². The van der Waals surface area contributed by atoms with Crippen LogP contribution in [0.25, 0.3) is 11.3 Å². The zero-order chi connectivity index (χ0) is 24.6. The van der Waals surface area contributed by atoms with E-state index in [0.717, 1.165) is 31.0 Å². The zero-order valence-corrected chi connectivity index (χ0v) is 19.8. The maximum atomic E-state index is 14.1. The highest BCUT2D eigenvalue weighted by Gasteiger charge is 2.46. The molecule has 34 heavy (non-hydrogen) atoms. The van der Waals surface area contributed by atoms with Crippen molar-refractivity contribution in [2.24, 2.45) is 0 Å². The van der Waals surface area contributed by atoms with Crippen LogP contribution in [0.4, 0.5) is 8.78 Å². The van der Waals surface area contributed by atoms with E-state index >= 15 is 0 Å². The Balaban J connectivity index is 1.63. The maximum absolute atomic E-state index is 14.1. The molecule has 2 heterocycles. The van der Waals surface area contributed by atoms with Gasteiger partial charge in [0.25, 0.3) is 0 Å². The van der Waals surface area contributed by atoms with E-state index in [-0.39, 0.29) is 11.3 Å². The molecule has 1 fully saturated rings. The Bertz CT molecular complexity index is 1160. The fraction of sp³-hybridized carbons (Fsp3) is 0.333. The van der Waals surface area contributed by atoms with Crippen molar-refractivity contribution in [2.75, 3.05) is 13.7 Å². The van der Waals surface area contributed by atoms with Gasteiger partial charge in [0, 0.05) is 10.5 Å². The number of ether oxygens (including phenoxy) is 2. The summed E-state index contributed by atoms with van der Waals surface area (Å²) in [6, 6.07) is 5.86. The van der Waals surface area contributed by atoms with Gasteiger partial charge >= 0.3 is 0 Å². The monoisotopic (exact) mass is 533 g/mol. The molecule has 3 N–H and O–H groups in total. The minimum absolute atomic E-state index is 0.0820. The topological polar surface area (TPSA) is 110 Å². The minimum Gasteiger partial charge on any atom is -0.491 e. The van der Waals surface area contributed by atoms with Gasteiger partial charge in [0.05, 0.1) is 30.0 Å². The second-order valence-corrected chi connectivity index (χ2v) is 9.43. The molecule has 1 aliphatic rings. The van der Waals surface area contributed by atoms with E-state index in [1.54, 1.807) is 18.2 Å². The third-order valence-electron chi connectivity index (χ3n) is 5.31. The van der Waals surface area contributed by atoms with Gasteiger partial charge in [-0.3, -0.25) is 0 Å². The van der Waals surface area contributed by atoms with Gasteiger partial charge in [-0.2, -0.15) is 0 Å². The number of hydrogen-bond acceptors (Lipinski definition) is 8. The molecule has 13 heteroatoms. The first-order valence-electron chi connectivity index (χ1n) is 9.93. The first-order valence-corrected chi connectivity index (χ1v) is 11.6. The lowest BCUT2D eigenvalue weighted by Gasteiger charge is -2.41. The highest BCUT2D eigenvalue weighted by Crippen LogP contribution is 2.39. The molecule has 1 aliphatic heterocycles. The molecular weight excluding hydrogens is 515 g/mol. The average molecular weight is 534 g/mol. The molecule has 1 aromatic heterocycles. The molecule has 2 aromatic carbocycles. The quantitative estimate of drug-likeness (QED) is 0.442. The number of rotatable bonds is 6. The molecule has 0 saturated carbocycles. The second kappa shape index (κ2) is 10.3. The lowest BCUT2D eigenvalue weighted by Crippen LogP contribution is -2.55. The molecular formula is C21H19Cl2F2N3O5S. The number of aliphatic hydroxyl groups excluding tert-OH is 3. The highest BCUT2D eigenvalue weighted by atomic mass is 35.5. The highest BCUT2D eigenvalue weighted by molar-refractivity contribution is 7.99. The van der Waals surface area contributed by atoms with Crippen molar-refractivity contribution in [3.05, 3.63) is 58.2 Å². The molecule has 4 rings (SSSR count). The number of halogens is 4. The summed E-state index contributed by atoms with van der Waals surface area (Å²) in [6.07, 6.45) is -2.38. The third kappa shape index (κ3) is 4.87. The Morgan fingerprint density at radius 2 is 1.82 bits per heavy atom. The van der Waals surface area contributed by atoms with E-state index in [1.165, 1.54) is 10.9 Å². The summed E-state index contributed by atoms with van der Waals surface area (Å²) in [6.45, 7) is -0.528. The molecule has 3 aromatic rings. The number of hydrogen-bond donors (Lipinski definition) is 3. The van der Waals surface area contributed by atoms with E-state index in [2.05, 4.69) is 15.0 Å². The van der Waals surface area contributed by atoms with Crippen LogP contribution in [0.1, 0.15) is 6.04 Å². The summed E-state index contributed by atoms with van der Waals surface area (Å²) >= 11 is 13.1. The summed E-state index contributed by atoms with van der Waals surface area (Å²) in [5, 5.41) is 40.0. The standard InChI is InChI=1S/C21H19Cl2F2N3O5S/c1-32-20-13(24)4-9(5-14(20)25)15-7-28(27-26-15)17-18(30)16(8-29)33-21(19(17)31)34-10-2-3-11(22)12(23)6-10/h2-7,16-19,21,29-31H,8H2,1H3/t16?,17?,18-,19-,21+/m0/s1. The van der Waals surface area contributed by atoms with Crippen LogP contribution in [0.15, 0.2) is 41.4 Å². The van der Waals surface area contributed by atoms with Crippen LogP contribution < -0.4 is 4.74 Å². The molecule has 2 unspecified atom stereocenters. The number of thioether (sulfide) groups is 1. The van der Waals surface area contributed by atoms with Crippen LogP contribution in [0.2, 0.25) is 10.0 Å². The largest absolute Gasteiger partial charge is 0.491 e. The predicted octanol–water partition coefficient (Wildman–Crippen LogP) is 3.31. The van der Waals surface area contributed by atoms with E-state index in [1.807, 2.05) is 0 Å². The summed E-state index contributed by atoms with van der Waals surface area (Å²) in [5.74, 6) is -2.37. The normalized spacial score (nSPS) is 24.9. The van der Waals surface area contributed by atoms with E-state index < -0.39 is 53.8 Å². The Morgan fingerprint density at radius 1 is 1.12 bits per heavy atom. The predicted molar refractivity (Wildman–Crippen MR) is 121 cm³/mol. The Kier molecular flexibility index (Phi) is 7.63. The van der Waals surface area contributed by atoms with E-state index in [9.17, 15) is 24.1 Å². The third-order valence-corrected chi connectivity index (χ3v) is 7.19. The molecule has 5 atom stereocenters. The molecule has 182 valence electrons. The van der Waals surface area contributed by atoms with Gasteiger partial charge in [0.1, 0.15) is 35.5 Å². The Labute approximate surface area is 207 Å². The van der Waals surface area contributed by atoms with Crippen molar-refractivity contribution in [1.82, 2.24) is 15.0 Å². The number of methoxy groups -OCH3 is 1. The summed E-state index contributed by atoms with van der Waals surface area (Å²) in [4.78, 5) is 0.633. The lowest BCUT2D eigenvalue weighted by molar-refractivity contribution is -0.178. The first kappa shape index (κ1) is 25.1. The number of benzene rings is 2. The second-order valence-electron chi connectivity index (χ2n) is 7.45. The van der Waals surface area contributed by atoms with Gasteiger partial charge in [-0.25, -0.2) is 13.5 Å². The molecule has 0 amide bonds. The molecule has 0 spiro atoms. The van der Waals surface area contributed by atoms with Gasteiger partial charge in [-0.1, -0.05) is 40.2 Å². The summed E-state index contributed by atoms with van der Waals surface area (Å²) in [5.41, 5.74) is -0.745. The van der Waals surface area contributed by atoms with Crippen LogP contribution in [-0.2, 0) is 4.74 Å². The zero-order valence-electron chi connectivity index (χ0n) is 17.5. The number of aromatic nitrogens is 3. The van der Waals surface area contributed by atoms with Crippen LogP contribution in [0.5, 0.6) is 5.75 Å². The Morgan fingerprint density at radius 3 is 2.44 bits per heavy atom. The van der Waals surface area contributed by atoms with Crippen LogP contribution in [0.3, 0.4) is 0 Å².